The van der Waals surface area contributed by atoms with Crippen LogP contribution < -0.4 is 5.43 Å². The third-order valence-corrected chi connectivity index (χ3v) is 14.5. The van der Waals surface area contributed by atoms with Crippen molar-refractivity contribution in [1.29, 1.82) is 0 Å². The lowest BCUT2D eigenvalue weighted by Gasteiger charge is -2.72. The fourth-order valence-corrected chi connectivity index (χ4v) is 12.3. The number of carbonyl (C=O) groups is 1. The first-order valence-electron chi connectivity index (χ1n) is 16.5. The molecular weight excluding hydrogens is 520 g/mol. The van der Waals surface area contributed by atoms with Crippen molar-refractivity contribution in [2.75, 3.05) is 0 Å². The number of pyridine rings is 1. The average molecular weight is 573 g/mol. The van der Waals surface area contributed by atoms with Crippen LogP contribution in [-0.4, -0.2) is 28.0 Å². The normalized spacial score (nSPS) is 45.0. The molecule has 0 aliphatic heterocycles. The molecule has 6 rings (SSSR count). The molecule has 0 spiro atoms. The van der Waals surface area contributed by atoms with E-state index in [0.717, 1.165) is 49.8 Å². The number of carbonyl (C=O) groups excluding carboxylic acids is 1. The number of nitrogens with one attached hydrogen (secondary N) is 1. The topological polar surface area (TPSA) is 86.9 Å². The van der Waals surface area contributed by atoms with E-state index in [1.54, 1.807) is 18.6 Å². The Labute approximate surface area is 252 Å². The van der Waals surface area contributed by atoms with E-state index in [4.69, 9.17) is 0 Å². The Morgan fingerprint density at radius 3 is 2.50 bits per heavy atom. The second-order valence-electron chi connectivity index (χ2n) is 16.1. The lowest BCUT2D eigenvalue weighted by molar-refractivity contribution is -0.227. The van der Waals surface area contributed by atoms with Gasteiger partial charge in [-0.2, -0.15) is 5.10 Å². The molecule has 5 aliphatic rings. The zero-order valence-electron chi connectivity index (χ0n) is 26.7. The van der Waals surface area contributed by atoms with Crippen LogP contribution in [0, 0.1) is 56.7 Å². The quantitative estimate of drug-likeness (QED) is 0.166. The van der Waals surface area contributed by atoms with E-state index < -0.39 is 0 Å². The largest absolute Gasteiger partial charge is 0.411 e. The Morgan fingerprint density at radius 2 is 1.81 bits per heavy atom. The van der Waals surface area contributed by atoms with Crippen molar-refractivity contribution in [3.63, 3.8) is 0 Å². The monoisotopic (exact) mass is 572 g/mol. The van der Waals surface area contributed by atoms with Crippen LogP contribution in [0.25, 0.3) is 0 Å². The molecule has 0 unspecified atom stereocenters. The summed E-state index contributed by atoms with van der Waals surface area (Å²) >= 11 is 0. The third kappa shape index (κ3) is 3.95. The third-order valence-electron chi connectivity index (χ3n) is 14.5. The zero-order valence-corrected chi connectivity index (χ0v) is 26.7. The molecule has 1 heterocycles. The second kappa shape index (κ2) is 10.0. The Balaban J connectivity index is 1.33. The number of fused-ring (bicyclic) bond motifs is 7. The summed E-state index contributed by atoms with van der Waals surface area (Å²) < 4.78 is 0. The molecule has 6 nitrogen and oxygen atoms in total. The Kier molecular flexibility index (Phi) is 7.06. The van der Waals surface area contributed by atoms with Crippen LogP contribution in [0.1, 0.15) is 111 Å². The van der Waals surface area contributed by atoms with Crippen LogP contribution in [0.2, 0.25) is 0 Å². The summed E-state index contributed by atoms with van der Waals surface area (Å²) in [6.45, 7) is 19.1. The van der Waals surface area contributed by atoms with E-state index in [1.807, 2.05) is 12.1 Å². The summed E-state index contributed by atoms with van der Waals surface area (Å²) in [4.78, 5) is 18.3. The minimum Gasteiger partial charge on any atom is -0.411 e. The summed E-state index contributed by atoms with van der Waals surface area (Å²) in [5, 5.41) is 18.1. The minimum atomic E-state index is -0.385. The summed E-state index contributed by atoms with van der Waals surface area (Å²) in [5.74, 6) is 2.46. The highest BCUT2D eigenvalue weighted by Crippen LogP contribution is 2.77. The van der Waals surface area contributed by atoms with Crippen LogP contribution in [0.3, 0.4) is 0 Å². The summed E-state index contributed by atoms with van der Waals surface area (Å²) in [6, 6.07) is 3.83. The van der Waals surface area contributed by atoms with E-state index >= 15 is 0 Å². The molecule has 2 N–H and O–H groups in total. The number of rotatable bonds is 4. The summed E-state index contributed by atoms with van der Waals surface area (Å²) in [7, 11) is 0. The number of allylic oxidation sites excluding steroid dienone is 1. The maximum atomic E-state index is 14.2. The molecule has 6 heteroatoms. The summed E-state index contributed by atoms with van der Waals surface area (Å²) in [6.07, 6.45) is 16.0. The first kappa shape index (κ1) is 29.6. The van der Waals surface area contributed by atoms with Crippen molar-refractivity contribution in [2.45, 2.75) is 106 Å². The molecule has 0 bridgehead atoms. The fraction of sp³-hybridized carbons (Fsp3) is 0.722. The SMILES string of the molecule is C=C(C)[C@@H]1CC[C@]2(C(=O)N/N=C/c3cccnc3)CC[C@]3(C)[C@H](CC[C@@H]4[C@@]5(C)CC/C(=N\O)C(C)(C)[C@@H]5CC[C@]43C)[C@@H]12. The van der Waals surface area contributed by atoms with Crippen LogP contribution >= 0.6 is 0 Å². The van der Waals surface area contributed by atoms with Crippen molar-refractivity contribution >= 4 is 17.8 Å². The molecule has 0 radical (unpaired) electrons. The Morgan fingerprint density at radius 1 is 1.02 bits per heavy atom. The van der Waals surface area contributed by atoms with E-state index in [9.17, 15) is 10.0 Å². The van der Waals surface area contributed by atoms with Gasteiger partial charge >= 0.3 is 0 Å². The molecule has 9 atom stereocenters. The average Bonchev–Trinajstić information content (AvgIpc) is 3.35. The van der Waals surface area contributed by atoms with Gasteiger partial charge in [0.05, 0.1) is 17.3 Å². The van der Waals surface area contributed by atoms with Gasteiger partial charge in [-0.15, -0.1) is 0 Å². The van der Waals surface area contributed by atoms with Gasteiger partial charge in [0.2, 0.25) is 5.91 Å². The van der Waals surface area contributed by atoms with Gasteiger partial charge < -0.3 is 5.21 Å². The molecule has 5 saturated carbocycles. The maximum absolute atomic E-state index is 14.2. The van der Waals surface area contributed by atoms with E-state index in [1.165, 1.54) is 31.3 Å². The standard InChI is InChI=1S/C36H52N4O2/c1-23(2)25-12-17-36(31(41)39-38-22-24-9-8-20-37-21-24)19-18-34(6)26(30(25)36)10-11-28-33(5)15-14-29(40-42)32(3,4)27(33)13-16-35(28,34)7/h8-9,20-22,25-28,30,42H,1,10-19H2,2-7H3,(H,39,41)/b38-22+,40-29+/t25-,26+,27-,28+,30+,33-,34+,35+,36-/m0/s1. The predicted octanol–water partition coefficient (Wildman–Crippen LogP) is 8.02. The van der Waals surface area contributed by atoms with Gasteiger partial charge in [-0.05, 0) is 123 Å². The molecule has 5 aliphatic carbocycles. The molecule has 0 aromatic carbocycles. The number of nitrogens with zero attached hydrogens (tertiary/aromatic N) is 3. The summed E-state index contributed by atoms with van der Waals surface area (Å²) in [5.41, 5.74) is 6.27. The molecule has 1 amide bonds. The molecular formula is C36H52N4O2. The smallest absolute Gasteiger partial charge is 0.246 e. The van der Waals surface area contributed by atoms with Gasteiger partial charge in [0, 0.05) is 23.4 Å². The van der Waals surface area contributed by atoms with Crippen LogP contribution in [0.5, 0.6) is 0 Å². The molecule has 1 aromatic rings. The number of hydrogen-bond acceptors (Lipinski definition) is 5. The van der Waals surface area contributed by atoms with Gasteiger partial charge in [0.25, 0.3) is 0 Å². The molecule has 228 valence electrons. The Bertz CT molecular complexity index is 1300. The highest BCUT2D eigenvalue weighted by molar-refractivity contribution is 5.90. The van der Waals surface area contributed by atoms with E-state index in [-0.39, 0.29) is 33.0 Å². The van der Waals surface area contributed by atoms with Gasteiger partial charge in [-0.1, -0.05) is 58.0 Å². The molecule has 5 fully saturated rings. The first-order chi connectivity index (χ1) is 19.8. The van der Waals surface area contributed by atoms with Crippen LogP contribution in [-0.2, 0) is 4.79 Å². The number of hydrogen-bond donors (Lipinski definition) is 2. The lowest BCUT2D eigenvalue weighted by atomic mass is 9.32. The predicted molar refractivity (Wildman–Crippen MR) is 168 cm³/mol. The van der Waals surface area contributed by atoms with Crippen molar-refractivity contribution in [3.8, 4) is 0 Å². The Hall–Kier alpha value is -2.50. The number of amides is 1. The number of hydrazone groups is 1. The molecule has 0 saturated heterocycles. The minimum absolute atomic E-state index is 0.0759. The van der Waals surface area contributed by atoms with E-state index in [2.05, 4.69) is 68.8 Å². The van der Waals surface area contributed by atoms with Gasteiger partial charge in [0.1, 0.15) is 0 Å². The second-order valence-corrected chi connectivity index (χ2v) is 16.1. The first-order valence-corrected chi connectivity index (χ1v) is 16.5. The van der Waals surface area contributed by atoms with Gasteiger partial charge in [-0.25, -0.2) is 5.43 Å². The van der Waals surface area contributed by atoms with Crippen molar-refractivity contribution < 1.29 is 10.0 Å². The van der Waals surface area contributed by atoms with Crippen LogP contribution in [0.15, 0.2) is 46.9 Å². The molecule has 42 heavy (non-hydrogen) atoms. The fourth-order valence-electron chi connectivity index (χ4n) is 12.3. The number of oxime groups is 1. The molecule has 1 aromatic heterocycles. The van der Waals surface area contributed by atoms with Crippen molar-refractivity contribution in [3.05, 3.63) is 42.2 Å². The highest BCUT2D eigenvalue weighted by atomic mass is 16.4. The maximum Gasteiger partial charge on any atom is 0.246 e. The van der Waals surface area contributed by atoms with Crippen LogP contribution in [0.4, 0.5) is 0 Å². The van der Waals surface area contributed by atoms with E-state index in [0.29, 0.717) is 29.6 Å². The zero-order chi connectivity index (χ0) is 30.1. The number of aromatic nitrogens is 1. The van der Waals surface area contributed by atoms with Gasteiger partial charge in [0.15, 0.2) is 0 Å². The van der Waals surface area contributed by atoms with Crippen molar-refractivity contribution in [1.82, 2.24) is 10.4 Å². The highest BCUT2D eigenvalue weighted by Gasteiger charge is 2.71. The van der Waals surface area contributed by atoms with Gasteiger partial charge in [-0.3, -0.25) is 9.78 Å². The lowest BCUT2D eigenvalue weighted by Crippen LogP contribution is -2.67. The van der Waals surface area contributed by atoms with Crippen molar-refractivity contribution in [2.24, 2.45) is 66.9 Å².